The predicted molar refractivity (Wildman–Crippen MR) is 115 cm³/mol. The molecule has 0 aliphatic carbocycles. The first kappa shape index (κ1) is 19.0. The van der Waals surface area contributed by atoms with E-state index in [1.165, 1.54) is 4.68 Å². The van der Waals surface area contributed by atoms with Gasteiger partial charge in [0, 0.05) is 16.9 Å². The number of aryl methyl sites for hydroxylation is 1. The quantitative estimate of drug-likeness (QED) is 0.543. The molecule has 0 atom stereocenters. The molecule has 4 aromatic rings. The van der Waals surface area contributed by atoms with E-state index in [0.29, 0.717) is 27.4 Å². The van der Waals surface area contributed by atoms with Crippen LogP contribution in [0.5, 0.6) is 0 Å². The molecule has 146 valence electrons. The van der Waals surface area contributed by atoms with E-state index in [2.05, 4.69) is 17.2 Å². The van der Waals surface area contributed by atoms with Gasteiger partial charge in [0.2, 0.25) is 5.91 Å². The number of carbonyl (C=O) groups excluding carboxylic acids is 1. The monoisotopic (exact) mass is 406 g/mol. The second-order valence-corrected chi connectivity index (χ2v) is 7.06. The summed E-state index contributed by atoms with van der Waals surface area (Å²) < 4.78 is 3.12. The molecule has 6 nitrogen and oxygen atoms in total. The number of hydrogen-bond donors (Lipinski definition) is 1. The molecule has 1 N–H and O–H groups in total. The molecule has 2 aromatic heterocycles. The average Bonchev–Trinajstić information content (AvgIpc) is 3.01. The van der Waals surface area contributed by atoms with Crippen LogP contribution in [0.15, 0.2) is 71.7 Å². The van der Waals surface area contributed by atoms with E-state index in [9.17, 15) is 9.59 Å². The number of hydrogen-bond acceptors (Lipinski definition) is 3. The number of carbonyl (C=O) groups is 1. The van der Waals surface area contributed by atoms with E-state index < -0.39 is 0 Å². The molecule has 29 heavy (non-hydrogen) atoms. The van der Waals surface area contributed by atoms with Crippen LogP contribution in [-0.4, -0.2) is 20.3 Å². The molecule has 0 aliphatic heterocycles. The van der Waals surface area contributed by atoms with Gasteiger partial charge in [0.1, 0.15) is 6.54 Å². The van der Waals surface area contributed by atoms with Crippen LogP contribution in [0.1, 0.15) is 12.5 Å². The highest BCUT2D eigenvalue weighted by atomic mass is 35.5. The Bertz CT molecular complexity index is 1240. The fraction of sp³-hybridized carbons (Fsp3) is 0.136. The van der Waals surface area contributed by atoms with Crippen LogP contribution in [0.25, 0.3) is 16.7 Å². The highest BCUT2D eigenvalue weighted by Gasteiger charge is 2.18. The maximum Gasteiger partial charge on any atom is 0.280 e. The summed E-state index contributed by atoms with van der Waals surface area (Å²) in [6.45, 7) is 1.99. The predicted octanol–water partition coefficient (Wildman–Crippen LogP) is 4.04. The van der Waals surface area contributed by atoms with Crippen molar-refractivity contribution in [1.29, 1.82) is 0 Å². The number of amides is 1. The summed E-state index contributed by atoms with van der Waals surface area (Å²) in [5, 5.41) is 3.89. The maximum absolute atomic E-state index is 13.1. The molecule has 0 radical (unpaired) electrons. The van der Waals surface area contributed by atoms with Gasteiger partial charge in [0.15, 0.2) is 5.65 Å². The molecule has 0 aliphatic rings. The Morgan fingerprint density at radius 3 is 2.66 bits per heavy atom. The average molecular weight is 407 g/mol. The van der Waals surface area contributed by atoms with Gasteiger partial charge in [-0.2, -0.15) is 0 Å². The van der Waals surface area contributed by atoms with Crippen LogP contribution >= 0.6 is 11.6 Å². The Labute approximate surface area is 172 Å². The van der Waals surface area contributed by atoms with Crippen LogP contribution in [0.4, 0.5) is 5.69 Å². The zero-order valence-electron chi connectivity index (χ0n) is 15.8. The number of fused-ring (bicyclic) bond motifs is 1. The van der Waals surface area contributed by atoms with Crippen LogP contribution in [0.3, 0.4) is 0 Å². The third-order valence-corrected chi connectivity index (χ3v) is 4.93. The third-order valence-electron chi connectivity index (χ3n) is 4.68. The summed E-state index contributed by atoms with van der Waals surface area (Å²) >= 11 is 5.90. The molecule has 0 bridgehead atoms. The van der Waals surface area contributed by atoms with Gasteiger partial charge < -0.3 is 5.32 Å². The van der Waals surface area contributed by atoms with E-state index in [0.717, 1.165) is 12.0 Å². The van der Waals surface area contributed by atoms with Gasteiger partial charge in [0.25, 0.3) is 5.56 Å². The van der Waals surface area contributed by atoms with E-state index in [-0.39, 0.29) is 18.0 Å². The number of halogens is 1. The van der Waals surface area contributed by atoms with Gasteiger partial charge in [-0.1, -0.05) is 30.7 Å². The van der Waals surface area contributed by atoms with Gasteiger partial charge in [0.05, 0.1) is 11.1 Å². The van der Waals surface area contributed by atoms with Crippen LogP contribution in [0, 0.1) is 0 Å². The first-order valence-corrected chi connectivity index (χ1v) is 9.66. The van der Waals surface area contributed by atoms with Gasteiger partial charge in [-0.15, -0.1) is 0 Å². The molecule has 2 aromatic carbocycles. The molecule has 1 amide bonds. The number of nitrogens with zero attached hydrogens (tertiary/aromatic N) is 3. The lowest BCUT2D eigenvalue weighted by Gasteiger charge is -2.13. The Balaban J connectivity index is 1.77. The van der Waals surface area contributed by atoms with Crippen molar-refractivity contribution in [2.45, 2.75) is 19.9 Å². The number of anilines is 1. The van der Waals surface area contributed by atoms with Gasteiger partial charge in [-0.05, 0) is 60.5 Å². The maximum atomic E-state index is 13.1. The van der Waals surface area contributed by atoms with E-state index in [1.54, 1.807) is 47.3 Å². The molecular formula is C22H19ClN4O2. The standard InChI is InChI=1S/C22H19ClN4O2/c1-2-15-5-3-6-18(13-15)27-22(29)19-7-4-12-24-21(19)26(27)14-20(28)25-17-10-8-16(23)9-11-17/h3-13H,2,14H2,1H3,(H,25,28). The van der Waals surface area contributed by atoms with Crippen LogP contribution in [0.2, 0.25) is 5.02 Å². The minimum Gasteiger partial charge on any atom is -0.324 e. The van der Waals surface area contributed by atoms with Crippen LogP contribution < -0.4 is 10.9 Å². The number of rotatable bonds is 5. The molecule has 2 heterocycles. The molecule has 7 heteroatoms. The van der Waals surface area contributed by atoms with Crippen LogP contribution in [-0.2, 0) is 17.8 Å². The van der Waals surface area contributed by atoms with Gasteiger partial charge in [-0.3, -0.25) is 14.3 Å². The number of nitrogens with one attached hydrogen (secondary N) is 1. The molecule has 4 rings (SSSR count). The Hall–Kier alpha value is -3.38. The fourth-order valence-electron chi connectivity index (χ4n) is 3.27. The summed E-state index contributed by atoms with van der Waals surface area (Å²) in [7, 11) is 0. The first-order valence-electron chi connectivity index (χ1n) is 9.28. The van der Waals surface area contributed by atoms with Crippen molar-refractivity contribution < 1.29 is 4.79 Å². The third kappa shape index (κ3) is 3.79. The van der Waals surface area contributed by atoms with Crippen molar-refractivity contribution in [3.05, 3.63) is 87.8 Å². The fourth-order valence-corrected chi connectivity index (χ4v) is 3.39. The SMILES string of the molecule is CCc1cccc(-n2c(=O)c3cccnc3n2CC(=O)Nc2ccc(Cl)cc2)c1. The summed E-state index contributed by atoms with van der Waals surface area (Å²) in [4.78, 5) is 30.1. The van der Waals surface area contributed by atoms with Gasteiger partial charge >= 0.3 is 0 Å². The second-order valence-electron chi connectivity index (χ2n) is 6.63. The number of benzene rings is 2. The normalized spacial score (nSPS) is 11.0. The minimum absolute atomic E-state index is 0.0608. The second kappa shape index (κ2) is 7.93. The van der Waals surface area contributed by atoms with Crippen molar-refractivity contribution in [1.82, 2.24) is 14.3 Å². The Morgan fingerprint density at radius 2 is 1.90 bits per heavy atom. The summed E-state index contributed by atoms with van der Waals surface area (Å²) in [6, 6.07) is 18.0. The van der Waals surface area contributed by atoms with Crippen molar-refractivity contribution >= 4 is 34.2 Å². The van der Waals surface area contributed by atoms with Gasteiger partial charge in [-0.25, -0.2) is 9.67 Å². The molecule has 0 spiro atoms. The Kier molecular flexibility index (Phi) is 5.18. The van der Waals surface area contributed by atoms with E-state index in [1.807, 2.05) is 24.3 Å². The van der Waals surface area contributed by atoms with Crippen molar-refractivity contribution in [3.63, 3.8) is 0 Å². The molecule has 0 saturated carbocycles. The molecule has 0 unspecified atom stereocenters. The lowest BCUT2D eigenvalue weighted by molar-refractivity contribution is -0.116. The summed E-state index contributed by atoms with van der Waals surface area (Å²) in [5.41, 5.74) is 2.69. The van der Waals surface area contributed by atoms with E-state index >= 15 is 0 Å². The minimum atomic E-state index is -0.268. The number of pyridine rings is 1. The first-order chi connectivity index (χ1) is 14.1. The van der Waals surface area contributed by atoms with E-state index in [4.69, 9.17) is 11.6 Å². The van der Waals surface area contributed by atoms with Crippen molar-refractivity contribution in [2.75, 3.05) is 5.32 Å². The topological polar surface area (TPSA) is 68.9 Å². The number of aromatic nitrogens is 3. The van der Waals surface area contributed by atoms with Crippen molar-refractivity contribution in [3.8, 4) is 5.69 Å². The zero-order valence-corrected chi connectivity index (χ0v) is 16.6. The zero-order chi connectivity index (χ0) is 20.4. The highest BCUT2D eigenvalue weighted by Crippen LogP contribution is 2.17. The Morgan fingerprint density at radius 1 is 1.10 bits per heavy atom. The summed E-state index contributed by atoms with van der Waals surface area (Å²) in [5.74, 6) is -0.268. The van der Waals surface area contributed by atoms with Crippen molar-refractivity contribution in [2.24, 2.45) is 0 Å². The lowest BCUT2D eigenvalue weighted by atomic mass is 10.1. The lowest BCUT2D eigenvalue weighted by Crippen LogP contribution is -2.27. The molecule has 0 saturated heterocycles. The summed E-state index contributed by atoms with van der Waals surface area (Å²) in [6.07, 6.45) is 2.46. The highest BCUT2D eigenvalue weighted by molar-refractivity contribution is 6.30. The molecule has 0 fully saturated rings. The molecular weight excluding hydrogens is 388 g/mol. The largest absolute Gasteiger partial charge is 0.324 e. The smallest absolute Gasteiger partial charge is 0.280 e.